The van der Waals surface area contributed by atoms with E-state index in [9.17, 15) is 0 Å². The average molecular weight is 274 g/mol. The van der Waals surface area contributed by atoms with Crippen LogP contribution >= 0.6 is 23.2 Å². The van der Waals surface area contributed by atoms with Crippen LogP contribution in [0.4, 0.5) is 0 Å². The Kier molecular flexibility index (Phi) is 4.69. The van der Waals surface area contributed by atoms with Crippen molar-refractivity contribution in [3.8, 4) is 0 Å². The van der Waals surface area contributed by atoms with Crippen molar-refractivity contribution in [1.29, 1.82) is 0 Å². The Morgan fingerprint density at radius 3 is 2.82 bits per heavy atom. The van der Waals surface area contributed by atoms with Crippen LogP contribution in [0.1, 0.15) is 30.9 Å². The number of hydrogen-bond donors (Lipinski definition) is 1. The summed E-state index contributed by atoms with van der Waals surface area (Å²) >= 11 is 12.0. The van der Waals surface area contributed by atoms with Crippen LogP contribution in [0.25, 0.3) is 0 Å². The molecule has 0 aliphatic carbocycles. The largest absolute Gasteiger partial charge is 0.378 e. The summed E-state index contributed by atoms with van der Waals surface area (Å²) in [6.07, 6.45) is 3.66. The van der Waals surface area contributed by atoms with E-state index in [0.29, 0.717) is 16.1 Å². The van der Waals surface area contributed by atoms with Crippen LogP contribution in [0.2, 0.25) is 10.0 Å². The molecule has 2 unspecified atom stereocenters. The third-order valence-corrected chi connectivity index (χ3v) is 3.96. The molecule has 0 saturated carbocycles. The number of hydrogen-bond acceptors (Lipinski definition) is 2. The molecule has 4 heteroatoms. The van der Waals surface area contributed by atoms with E-state index in [1.807, 2.05) is 25.2 Å². The van der Waals surface area contributed by atoms with Crippen molar-refractivity contribution in [3.63, 3.8) is 0 Å². The maximum atomic E-state index is 6.04. The van der Waals surface area contributed by atoms with Crippen molar-refractivity contribution in [1.82, 2.24) is 5.32 Å². The normalized spacial score (nSPS) is 21.7. The zero-order valence-electron chi connectivity index (χ0n) is 9.88. The highest BCUT2D eigenvalue weighted by molar-refractivity contribution is 6.42. The van der Waals surface area contributed by atoms with Gasteiger partial charge in [0.2, 0.25) is 0 Å². The van der Waals surface area contributed by atoms with Gasteiger partial charge in [-0.15, -0.1) is 0 Å². The van der Waals surface area contributed by atoms with Crippen LogP contribution < -0.4 is 5.32 Å². The third kappa shape index (κ3) is 3.35. The van der Waals surface area contributed by atoms with Crippen molar-refractivity contribution < 1.29 is 4.74 Å². The van der Waals surface area contributed by atoms with Crippen LogP contribution in [0.15, 0.2) is 18.2 Å². The minimum absolute atomic E-state index is 0.271. The molecule has 1 fully saturated rings. The molecule has 1 heterocycles. The second-order valence-electron chi connectivity index (χ2n) is 4.39. The molecular weight excluding hydrogens is 257 g/mol. The fourth-order valence-electron chi connectivity index (χ4n) is 2.24. The minimum Gasteiger partial charge on any atom is -0.378 e. The molecule has 17 heavy (non-hydrogen) atoms. The van der Waals surface area contributed by atoms with Gasteiger partial charge in [-0.2, -0.15) is 0 Å². The first-order chi connectivity index (χ1) is 8.20. The lowest BCUT2D eigenvalue weighted by molar-refractivity contribution is 0.0954. The molecular formula is C13H17Cl2NO. The van der Waals surface area contributed by atoms with Crippen molar-refractivity contribution in [2.45, 2.75) is 31.4 Å². The lowest BCUT2D eigenvalue weighted by atomic mass is 9.99. The molecule has 1 saturated heterocycles. The Bertz CT molecular complexity index is 378. The van der Waals surface area contributed by atoms with Crippen LogP contribution in [0, 0.1) is 0 Å². The van der Waals surface area contributed by atoms with Gasteiger partial charge in [-0.1, -0.05) is 29.3 Å². The standard InChI is InChI=1S/C13H17Cl2NO/c1-16-13(8-10-3-2-6-17-10)9-4-5-11(14)12(15)7-9/h4-5,7,10,13,16H,2-3,6,8H2,1H3. The molecule has 2 rings (SSSR count). The molecule has 0 spiro atoms. The minimum atomic E-state index is 0.271. The highest BCUT2D eigenvalue weighted by Crippen LogP contribution is 2.29. The molecule has 0 radical (unpaired) electrons. The van der Waals surface area contributed by atoms with Crippen molar-refractivity contribution in [2.24, 2.45) is 0 Å². The van der Waals surface area contributed by atoms with Crippen molar-refractivity contribution in [3.05, 3.63) is 33.8 Å². The molecule has 1 aromatic rings. The molecule has 1 aliphatic rings. The number of nitrogens with one attached hydrogen (secondary N) is 1. The van der Waals surface area contributed by atoms with Gasteiger partial charge in [0.1, 0.15) is 0 Å². The van der Waals surface area contributed by atoms with Gasteiger partial charge in [0.15, 0.2) is 0 Å². The van der Waals surface area contributed by atoms with Gasteiger partial charge in [0.05, 0.1) is 16.1 Å². The fraction of sp³-hybridized carbons (Fsp3) is 0.538. The van der Waals surface area contributed by atoms with Crippen molar-refractivity contribution >= 4 is 23.2 Å². The predicted molar refractivity (Wildman–Crippen MR) is 71.9 cm³/mol. The summed E-state index contributed by atoms with van der Waals surface area (Å²) in [5.41, 5.74) is 1.16. The second kappa shape index (κ2) is 6.05. The van der Waals surface area contributed by atoms with Crippen LogP contribution in [0.5, 0.6) is 0 Å². The SMILES string of the molecule is CNC(CC1CCCO1)c1ccc(Cl)c(Cl)c1. The zero-order valence-corrected chi connectivity index (χ0v) is 11.4. The molecule has 1 N–H and O–H groups in total. The van der Waals surface area contributed by atoms with Gasteiger partial charge in [0.25, 0.3) is 0 Å². The molecule has 2 nitrogen and oxygen atoms in total. The zero-order chi connectivity index (χ0) is 12.3. The predicted octanol–water partition coefficient (Wildman–Crippen LogP) is 3.82. The first-order valence-electron chi connectivity index (χ1n) is 5.94. The molecule has 1 aromatic carbocycles. The summed E-state index contributed by atoms with van der Waals surface area (Å²) < 4.78 is 5.66. The van der Waals surface area contributed by atoms with E-state index in [4.69, 9.17) is 27.9 Å². The smallest absolute Gasteiger partial charge is 0.0595 e. The van der Waals surface area contributed by atoms with E-state index in [-0.39, 0.29) is 6.04 Å². The first kappa shape index (κ1) is 13.2. The van der Waals surface area contributed by atoms with Crippen LogP contribution in [-0.2, 0) is 4.74 Å². The summed E-state index contributed by atoms with van der Waals surface area (Å²) in [7, 11) is 1.96. The van der Waals surface area contributed by atoms with E-state index in [2.05, 4.69) is 5.32 Å². The maximum Gasteiger partial charge on any atom is 0.0595 e. The average Bonchev–Trinajstić information content (AvgIpc) is 2.82. The first-order valence-corrected chi connectivity index (χ1v) is 6.70. The monoisotopic (exact) mass is 273 g/mol. The van der Waals surface area contributed by atoms with Crippen LogP contribution in [-0.4, -0.2) is 19.8 Å². The second-order valence-corrected chi connectivity index (χ2v) is 5.20. The van der Waals surface area contributed by atoms with Gasteiger partial charge < -0.3 is 10.1 Å². The maximum absolute atomic E-state index is 6.04. The van der Waals surface area contributed by atoms with E-state index in [1.165, 1.54) is 6.42 Å². The summed E-state index contributed by atoms with van der Waals surface area (Å²) in [4.78, 5) is 0. The number of benzene rings is 1. The summed E-state index contributed by atoms with van der Waals surface area (Å²) in [5, 5.41) is 4.52. The number of halogens is 2. The molecule has 94 valence electrons. The highest BCUT2D eigenvalue weighted by Gasteiger charge is 2.21. The Hall–Kier alpha value is -0.280. The van der Waals surface area contributed by atoms with E-state index >= 15 is 0 Å². The molecule has 0 amide bonds. The van der Waals surface area contributed by atoms with E-state index in [1.54, 1.807) is 0 Å². The number of rotatable bonds is 4. The topological polar surface area (TPSA) is 21.3 Å². The Morgan fingerprint density at radius 2 is 2.24 bits per heavy atom. The Morgan fingerprint density at radius 1 is 1.41 bits per heavy atom. The third-order valence-electron chi connectivity index (χ3n) is 3.22. The van der Waals surface area contributed by atoms with Gasteiger partial charge in [-0.25, -0.2) is 0 Å². The Balaban J connectivity index is 2.08. The molecule has 0 bridgehead atoms. The lowest BCUT2D eigenvalue weighted by Gasteiger charge is -2.20. The molecule has 1 aliphatic heterocycles. The van der Waals surface area contributed by atoms with Crippen LogP contribution in [0.3, 0.4) is 0 Å². The van der Waals surface area contributed by atoms with Crippen molar-refractivity contribution in [2.75, 3.05) is 13.7 Å². The van der Waals surface area contributed by atoms with Gasteiger partial charge >= 0.3 is 0 Å². The van der Waals surface area contributed by atoms with Gasteiger partial charge in [-0.05, 0) is 44.0 Å². The lowest BCUT2D eigenvalue weighted by Crippen LogP contribution is -2.22. The Labute approximate surface area is 112 Å². The summed E-state index contributed by atoms with van der Waals surface area (Å²) in [6.45, 7) is 0.891. The number of ether oxygens (including phenoxy) is 1. The summed E-state index contributed by atoms with van der Waals surface area (Å²) in [5.74, 6) is 0. The molecule has 0 aromatic heterocycles. The van der Waals surface area contributed by atoms with E-state index < -0.39 is 0 Å². The highest BCUT2D eigenvalue weighted by atomic mass is 35.5. The quantitative estimate of drug-likeness (QED) is 0.901. The van der Waals surface area contributed by atoms with E-state index in [0.717, 1.165) is 25.0 Å². The molecule has 2 atom stereocenters. The van der Waals surface area contributed by atoms with Gasteiger partial charge in [-0.3, -0.25) is 0 Å². The summed E-state index contributed by atoms with van der Waals surface area (Å²) in [6, 6.07) is 6.07. The fourth-order valence-corrected chi connectivity index (χ4v) is 2.55. The van der Waals surface area contributed by atoms with Gasteiger partial charge in [0, 0.05) is 12.6 Å².